The van der Waals surface area contributed by atoms with Crippen molar-refractivity contribution in [2.24, 2.45) is 11.5 Å². The van der Waals surface area contributed by atoms with E-state index in [2.05, 4.69) is 10.6 Å². The van der Waals surface area contributed by atoms with Gasteiger partial charge in [0.1, 0.15) is 24.4 Å². The topological polar surface area (TPSA) is 286 Å². The van der Waals surface area contributed by atoms with Crippen LogP contribution in [0, 0.1) is 0 Å². The quantitative estimate of drug-likeness (QED) is 0.0252. The number of ether oxygens (including phenoxy) is 4. The fourth-order valence-electron chi connectivity index (χ4n) is 7.96. The lowest BCUT2D eigenvalue weighted by atomic mass is 9.92. The highest BCUT2D eigenvalue weighted by atomic mass is 32.2. The van der Waals surface area contributed by atoms with Crippen molar-refractivity contribution in [3.8, 4) is 5.75 Å². The molecular weight excluding hydrogens is 923 g/mol. The molecule has 4 aromatic rings. The van der Waals surface area contributed by atoms with E-state index in [0.29, 0.717) is 111 Å². The lowest BCUT2D eigenvalue weighted by Gasteiger charge is -2.25. The molecule has 4 rings (SSSR count). The number of nitrogens with one attached hydrogen (secondary N) is 2. The predicted octanol–water partition coefficient (Wildman–Crippen LogP) is 2.44. The molecule has 0 aliphatic heterocycles. The van der Waals surface area contributed by atoms with E-state index in [1.807, 2.05) is 31.1 Å². The van der Waals surface area contributed by atoms with Crippen molar-refractivity contribution in [1.82, 2.24) is 19.2 Å². The largest absolute Gasteiger partial charge is 0.490 e. The average Bonchev–Trinajstić information content (AvgIpc) is 3.30. The van der Waals surface area contributed by atoms with E-state index in [-0.39, 0.29) is 75.2 Å². The lowest BCUT2D eigenvalue weighted by Crippen LogP contribution is -2.39. The van der Waals surface area contributed by atoms with Crippen molar-refractivity contribution in [3.63, 3.8) is 0 Å². The van der Waals surface area contributed by atoms with Gasteiger partial charge in [-0.05, 0) is 76.8 Å². The molecule has 4 aromatic carbocycles. The van der Waals surface area contributed by atoms with Crippen LogP contribution in [0.15, 0.2) is 46.2 Å². The molecule has 0 saturated heterocycles. The van der Waals surface area contributed by atoms with Gasteiger partial charge >= 0.3 is 11.9 Å². The summed E-state index contributed by atoms with van der Waals surface area (Å²) in [5.74, 6) is -1.53. The number of unbranched alkanes of at least 4 members (excludes halogenated alkanes) is 2. The summed E-state index contributed by atoms with van der Waals surface area (Å²) in [7, 11) is -2.23. The Bertz CT molecular complexity index is 2330. The second-order valence-electron chi connectivity index (χ2n) is 16.8. The van der Waals surface area contributed by atoms with Gasteiger partial charge in [0.25, 0.3) is 0 Å². The predicted molar refractivity (Wildman–Crippen MR) is 263 cm³/mol. The van der Waals surface area contributed by atoms with Crippen LogP contribution in [0.3, 0.4) is 0 Å². The Morgan fingerprint density at radius 1 is 0.603 bits per heavy atom. The van der Waals surface area contributed by atoms with Crippen LogP contribution in [0.25, 0.3) is 32.3 Å². The molecule has 2 unspecified atom stereocenters. The second-order valence-corrected chi connectivity index (χ2v) is 20.8. The van der Waals surface area contributed by atoms with E-state index in [1.165, 1.54) is 20.2 Å². The molecule has 0 bridgehead atoms. The van der Waals surface area contributed by atoms with Crippen LogP contribution >= 0.6 is 0 Å². The third-order valence-corrected chi connectivity index (χ3v) is 15.5. The van der Waals surface area contributed by atoms with Crippen LogP contribution in [0.5, 0.6) is 5.75 Å². The average molecular weight is 996 g/mol. The molecule has 68 heavy (non-hydrogen) atoms. The van der Waals surface area contributed by atoms with Gasteiger partial charge in [0.05, 0.1) is 56.0 Å². The lowest BCUT2D eigenvalue weighted by molar-refractivity contribution is -0.140. The number of aliphatic carboxylic acids is 2. The molecule has 382 valence electrons. The highest BCUT2D eigenvalue weighted by Gasteiger charge is 2.32. The molecule has 20 nitrogen and oxygen atoms in total. The van der Waals surface area contributed by atoms with Gasteiger partial charge in [0.2, 0.25) is 20.0 Å². The maximum absolute atomic E-state index is 14.8. The summed E-state index contributed by atoms with van der Waals surface area (Å²) < 4.78 is 84.2. The molecule has 0 aliphatic carbocycles. The van der Waals surface area contributed by atoms with Gasteiger partial charge in [0, 0.05) is 85.4 Å². The molecule has 0 fully saturated rings. The van der Waals surface area contributed by atoms with E-state index in [0.717, 1.165) is 19.7 Å². The van der Waals surface area contributed by atoms with Gasteiger partial charge < -0.3 is 61.3 Å². The summed E-state index contributed by atoms with van der Waals surface area (Å²) in [6.07, 6.45) is 3.90. The van der Waals surface area contributed by atoms with Gasteiger partial charge in [0.15, 0.2) is 0 Å². The van der Waals surface area contributed by atoms with Crippen molar-refractivity contribution in [1.29, 1.82) is 0 Å². The highest BCUT2D eigenvalue weighted by Crippen LogP contribution is 2.46. The number of sulfonamides is 2. The number of nitrogens with two attached hydrogens (primary N) is 2. The Labute approximate surface area is 400 Å². The first kappa shape index (κ1) is 56.5. The first-order valence-electron chi connectivity index (χ1n) is 23.2. The van der Waals surface area contributed by atoms with Gasteiger partial charge in [-0.15, -0.1) is 0 Å². The van der Waals surface area contributed by atoms with Crippen molar-refractivity contribution < 1.29 is 60.7 Å². The second kappa shape index (κ2) is 28.0. The van der Waals surface area contributed by atoms with Crippen LogP contribution < -0.4 is 31.7 Å². The van der Waals surface area contributed by atoms with Crippen LogP contribution in [0.4, 0.5) is 5.69 Å². The van der Waals surface area contributed by atoms with Crippen LogP contribution in [0.2, 0.25) is 0 Å². The SMILES string of the molecule is CN(C)c1cc(OCCOCCOCCOCCO)c2ccc3c(S(=O)(=O)N(C)CCCNC(CCCCN)C(=O)O)cc(S(=O)(=O)N(C)CCCNC(CCCCN)C(=O)O)c4ccc1c2c34. The van der Waals surface area contributed by atoms with Crippen molar-refractivity contribution >= 4 is 70.0 Å². The number of benzene rings is 4. The molecular formula is C46H73N7O13S2. The van der Waals surface area contributed by atoms with Gasteiger partial charge in [-0.1, -0.05) is 31.0 Å². The summed E-state index contributed by atoms with van der Waals surface area (Å²) >= 11 is 0. The van der Waals surface area contributed by atoms with Crippen LogP contribution in [-0.4, -0.2) is 185 Å². The number of carboxylic acid groups (broad SMARTS) is 2. The monoisotopic (exact) mass is 995 g/mol. The minimum absolute atomic E-state index is 0.000994. The minimum Gasteiger partial charge on any atom is -0.490 e. The number of carboxylic acids is 2. The Kier molecular flexibility index (Phi) is 23.3. The zero-order valence-corrected chi connectivity index (χ0v) is 41.5. The van der Waals surface area contributed by atoms with Crippen LogP contribution in [-0.2, 0) is 43.8 Å². The fourth-order valence-corrected chi connectivity index (χ4v) is 10.9. The standard InChI is InChI=1S/C46H73N7O13S2/c1-51(2)39-31-40(66-30-29-65-28-27-64-26-25-63-24-23-54)34-14-16-36-42(68(61,62)53(4)22-10-20-50-38(46(57)58)12-6-8-18-48)32-41(35-15-13-33(39)43(34)44(35)36)67(59,60)52(3)21-9-19-49-37(45(55)56)11-5-7-17-47/h13-16,31-32,37-38,49-50,54H,5-12,17-30,47-48H2,1-4H3,(H,55,56)(H,57,58). The number of aliphatic hydroxyl groups excluding tert-OH is 1. The molecule has 0 radical (unpaired) electrons. The molecule has 0 spiro atoms. The first-order chi connectivity index (χ1) is 32.5. The first-order valence-corrected chi connectivity index (χ1v) is 26.1. The van der Waals surface area contributed by atoms with E-state index in [9.17, 15) is 36.6 Å². The van der Waals surface area contributed by atoms with E-state index >= 15 is 0 Å². The Morgan fingerprint density at radius 3 is 1.47 bits per heavy atom. The Hall–Kier alpha value is -4.04. The number of rotatable bonds is 37. The van der Waals surface area contributed by atoms with Crippen molar-refractivity contribution in [2.75, 3.05) is 125 Å². The molecule has 0 saturated carbocycles. The van der Waals surface area contributed by atoms with Crippen molar-refractivity contribution in [3.05, 3.63) is 36.4 Å². The Morgan fingerprint density at radius 2 is 1.03 bits per heavy atom. The number of anilines is 1. The van der Waals surface area contributed by atoms with E-state index in [1.54, 1.807) is 18.2 Å². The minimum atomic E-state index is -4.39. The summed E-state index contributed by atoms with van der Waals surface area (Å²) in [5.41, 5.74) is 11.9. The summed E-state index contributed by atoms with van der Waals surface area (Å²) in [5, 5.41) is 37.3. The zero-order valence-electron chi connectivity index (χ0n) is 39.9. The molecule has 0 aliphatic rings. The van der Waals surface area contributed by atoms with Crippen molar-refractivity contribution in [2.45, 2.75) is 73.2 Å². The van der Waals surface area contributed by atoms with Crippen LogP contribution in [0.1, 0.15) is 51.4 Å². The number of hydrogen-bond acceptors (Lipinski definition) is 16. The summed E-state index contributed by atoms with van der Waals surface area (Å²) in [6, 6.07) is 8.45. The molecule has 9 N–H and O–H groups in total. The van der Waals surface area contributed by atoms with Gasteiger partial charge in [-0.3, -0.25) is 9.59 Å². The van der Waals surface area contributed by atoms with Gasteiger partial charge in [-0.2, -0.15) is 0 Å². The number of hydrogen-bond donors (Lipinski definition) is 7. The Balaban J connectivity index is 1.73. The maximum atomic E-state index is 14.8. The summed E-state index contributed by atoms with van der Waals surface area (Å²) in [6.45, 7) is 3.28. The zero-order chi connectivity index (χ0) is 49.9. The molecule has 22 heteroatoms. The number of carbonyl (C=O) groups is 2. The van der Waals surface area contributed by atoms with E-state index in [4.69, 9.17) is 35.5 Å². The molecule has 0 amide bonds. The van der Waals surface area contributed by atoms with Gasteiger partial charge in [-0.25, -0.2) is 25.4 Å². The fraction of sp³-hybridized carbons (Fsp3) is 0.609. The summed E-state index contributed by atoms with van der Waals surface area (Å²) in [4.78, 5) is 25.2. The van der Waals surface area contributed by atoms with E-state index < -0.39 is 44.1 Å². The highest BCUT2D eigenvalue weighted by molar-refractivity contribution is 7.90. The molecule has 2 atom stereocenters. The third-order valence-electron chi connectivity index (χ3n) is 11.7. The number of nitrogens with zero attached hydrogens (tertiary/aromatic N) is 3. The maximum Gasteiger partial charge on any atom is 0.320 e. The normalized spacial score (nSPS) is 13.4. The molecule has 0 heterocycles. The number of aliphatic hydroxyl groups is 1. The third kappa shape index (κ3) is 15.2. The smallest absolute Gasteiger partial charge is 0.320 e. The molecule has 0 aromatic heterocycles.